The number of anilines is 1. The van der Waals surface area contributed by atoms with Crippen molar-refractivity contribution in [1.82, 2.24) is 4.90 Å². The van der Waals surface area contributed by atoms with Crippen LogP contribution in [0.3, 0.4) is 0 Å². The number of nitrogens with one attached hydrogen (secondary N) is 1. The van der Waals surface area contributed by atoms with Crippen LogP contribution in [-0.2, 0) is 11.2 Å². The number of amides is 1. The SMILES string of the molecule is Cc1ccc([N+](=O)[O-])c(NC(=O)CN(C)[C@@H]2CCc3ccccc32)c1C. The molecule has 0 fully saturated rings. The van der Waals surface area contributed by atoms with Gasteiger partial charge in [0.15, 0.2) is 0 Å². The molecule has 0 radical (unpaired) electrons. The van der Waals surface area contributed by atoms with Crippen molar-refractivity contribution in [1.29, 1.82) is 0 Å². The van der Waals surface area contributed by atoms with Gasteiger partial charge in [-0.1, -0.05) is 30.3 Å². The molecule has 0 spiro atoms. The third-order valence-corrected chi connectivity index (χ3v) is 5.20. The van der Waals surface area contributed by atoms with E-state index in [4.69, 9.17) is 0 Å². The van der Waals surface area contributed by atoms with E-state index in [9.17, 15) is 14.9 Å². The summed E-state index contributed by atoms with van der Waals surface area (Å²) < 4.78 is 0. The van der Waals surface area contributed by atoms with E-state index in [1.165, 1.54) is 17.2 Å². The van der Waals surface area contributed by atoms with Crippen molar-refractivity contribution < 1.29 is 9.72 Å². The maximum absolute atomic E-state index is 12.6. The van der Waals surface area contributed by atoms with E-state index in [0.29, 0.717) is 5.69 Å². The number of carbonyl (C=O) groups is 1. The first kappa shape index (κ1) is 18.1. The summed E-state index contributed by atoms with van der Waals surface area (Å²) >= 11 is 0. The summed E-state index contributed by atoms with van der Waals surface area (Å²) in [7, 11) is 1.92. The first-order valence-corrected chi connectivity index (χ1v) is 8.71. The number of carbonyl (C=O) groups excluding carboxylic acids is 1. The van der Waals surface area contributed by atoms with Gasteiger partial charge in [-0.25, -0.2) is 0 Å². The van der Waals surface area contributed by atoms with Crippen LogP contribution in [0.1, 0.15) is 34.7 Å². The smallest absolute Gasteiger partial charge is 0.293 e. The number of nitro groups is 1. The predicted molar refractivity (Wildman–Crippen MR) is 101 cm³/mol. The number of rotatable bonds is 5. The number of hydrogen-bond donors (Lipinski definition) is 1. The molecular formula is C20H23N3O3. The highest BCUT2D eigenvalue weighted by Gasteiger charge is 2.27. The van der Waals surface area contributed by atoms with Gasteiger partial charge in [0.05, 0.1) is 11.5 Å². The molecule has 3 rings (SSSR count). The molecule has 136 valence electrons. The molecule has 0 unspecified atom stereocenters. The van der Waals surface area contributed by atoms with Crippen molar-refractivity contribution in [3.05, 3.63) is 68.8 Å². The molecule has 0 aliphatic heterocycles. The van der Waals surface area contributed by atoms with Crippen molar-refractivity contribution >= 4 is 17.3 Å². The molecule has 1 amide bonds. The number of benzene rings is 2. The van der Waals surface area contributed by atoms with E-state index >= 15 is 0 Å². The average molecular weight is 353 g/mol. The minimum absolute atomic E-state index is 0.0738. The van der Waals surface area contributed by atoms with E-state index in [0.717, 1.165) is 24.0 Å². The van der Waals surface area contributed by atoms with Crippen LogP contribution in [0.5, 0.6) is 0 Å². The second-order valence-electron chi connectivity index (χ2n) is 6.88. The van der Waals surface area contributed by atoms with Crippen molar-refractivity contribution in [3.8, 4) is 0 Å². The standard InChI is InChI=1S/C20H23N3O3/c1-13-8-10-18(23(25)26)20(14(13)2)21-19(24)12-22(3)17-11-9-15-6-4-5-7-16(15)17/h4-8,10,17H,9,11-12H2,1-3H3,(H,21,24)/t17-/m1/s1. The van der Waals surface area contributed by atoms with Gasteiger partial charge in [-0.2, -0.15) is 0 Å². The molecule has 0 bridgehead atoms. The van der Waals surface area contributed by atoms with Gasteiger partial charge in [0.25, 0.3) is 5.69 Å². The Bertz CT molecular complexity index is 863. The summed E-state index contributed by atoms with van der Waals surface area (Å²) in [4.78, 5) is 25.4. The molecule has 6 heteroatoms. The molecule has 1 atom stereocenters. The van der Waals surface area contributed by atoms with Crippen LogP contribution < -0.4 is 5.32 Å². The molecular weight excluding hydrogens is 330 g/mol. The van der Waals surface area contributed by atoms with Gasteiger partial charge in [0.2, 0.25) is 5.91 Å². The van der Waals surface area contributed by atoms with E-state index in [2.05, 4.69) is 17.4 Å². The minimum Gasteiger partial charge on any atom is -0.319 e. The molecule has 1 aliphatic rings. The van der Waals surface area contributed by atoms with Crippen LogP contribution in [0.25, 0.3) is 0 Å². The van der Waals surface area contributed by atoms with E-state index in [-0.39, 0.29) is 24.2 Å². The Morgan fingerprint density at radius 2 is 2.00 bits per heavy atom. The van der Waals surface area contributed by atoms with Crippen LogP contribution in [0.2, 0.25) is 0 Å². The van der Waals surface area contributed by atoms with Crippen molar-refractivity contribution in [2.75, 3.05) is 18.9 Å². The largest absolute Gasteiger partial charge is 0.319 e. The number of aryl methyl sites for hydroxylation is 2. The zero-order valence-corrected chi connectivity index (χ0v) is 15.3. The Labute approximate surface area is 153 Å². The van der Waals surface area contributed by atoms with Gasteiger partial charge in [0.1, 0.15) is 5.69 Å². The van der Waals surface area contributed by atoms with E-state index < -0.39 is 4.92 Å². The zero-order chi connectivity index (χ0) is 18.8. The highest BCUT2D eigenvalue weighted by atomic mass is 16.6. The Balaban J connectivity index is 1.74. The highest BCUT2D eigenvalue weighted by molar-refractivity contribution is 5.95. The maximum atomic E-state index is 12.6. The summed E-state index contributed by atoms with van der Waals surface area (Å²) in [5.41, 5.74) is 4.44. The van der Waals surface area contributed by atoms with Crippen molar-refractivity contribution in [3.63, 3.8) is 0 Å². The van der Waals surface area contributed by atoms with Gasteiger partial charge in [-0.05, 0) is 56.0 Å². The highest BCUT2D eigenvalue weighted by Crippen LogP contribution is 2.35. The lowest BCUT2D eigenvalue weighted by Gasteiger charge is -2.24. The molecule has 1 aliphatic carbocycles. The topological polar surface area (TPSA) is 75.5 Å². The first-order chi connectivity index (χ1) is 12.4. The molecule has 26 heavy (non-hydrogen) atoms. The van der Waals surface area contributed by atoms with Crippen molar-refractivity contribution in [2.45, 2.75) is 32.7 Å². The van der Waals surface area contributed by atoms with Gasteiger partial charge < -0.3 is 5.32 Å². The van der Waals surface area contributed by atoms with Crippen LogP contribution >= 0.6 is 0 Å². The van der Waals surface area contributed by atoms with E-state index in [1.807, 2.05) is 31.0 Å². The predicted octanol–water partition coefficient (Wildman–Crippen LogP) is 3.77. The Morgan fingerprint density at radius 1 is 1.27 bits per heavy atom. The summed E-state index contributed by atoms with van der Waals surface area (Å²) in [6.07, 6.45) is 1.99. The quantitative estimate of drug-likeness (QED) is 0.656. The third kappa shape index (κ3) is 3.46. The van der Waals surface area contributed by atoms with Gasteiger partial charge in [-0.15, -0.1) is 0 Å². The Kier molecular flexibility index (Phi) is 5.04. The first-order valence-electron chi connectivity index (χ1n) is 8.71. The van der Waals surface area contributed by atoms with Crippen LogP contribution in [0.15, 0.2) is 36.4 Å². The van der Waals surface area contributed by atoms with Crippen molar-refractivity contribution in [2.24, 2.45) is 0 Å². The lowest BCUT2D eigenvalue weighted by Crippen LogP contribution is -2.32. The summed E-state index contributed by atoms with van der Waals surface area (Å²) in [5.74, 6) is -0.242. The fourth-order valence-electron chi connectivity index (χ4n) is 3.62. The fourth-order valence-corrected chi connectivity index (χ4v) is 3.62. The molecule has 0 saturated heterocycles. The lowest BCUT2D eigenvalue weighted by molar-refractivity contribution is -0.384. The fraction of sp³-hybridized carbons (Fsp3) is 0.350. The Hall–Kier alpha value is -2.73. The second kappa shape index (κ2) is 7.25. The van der Waals surface area contributed by atoms with E-state index in [1.54, 1.807) is 13.0 Å². The van der Waals surface area contributed by atoms with Crippen LogP contribution in [0, 0.1) is 24.0 Å². The molecule has 6 nitrogen and oxygen atoms in total. The van der Waals surface area contributed by atoms with Crippen LogP contribution in [-0.4, -0.2) is 29.3 Å². The van der Waals surface area contributed by atoms with Gasteiger partial charge in [0, 0.05) is 12.1 Å². The lowest BCUT2D eigenvalue weighted by atomic mass is 10.1. The molecule has 2 aromatic rings. The number of fused-ring (bicyclic) bond motifs is 1. The molecule has 0 aromatic heterocycles. The van der Waals surface area contributed by atoms with Gasteiger partial charge >= 0.3 is 0 Å². The summed E-state index contributed by atoms with van der Waals surface area (Å²) in [5, 5.41) is 14.0. The maximum Gasteiger partial charge on any atom is 0.293 e. The molecule has 1 N–H and O–H groups in total. The third-order valence-electron chi connectivity index (χ3n) is 5.20. The van der Waals surface area contributed by atoms with Gasteiger partial charge in [-0.3, -0.25) is 19.8 Å². The normalized spacial score (nSPS) is 15.8. The van der Waals surface area contributed by atoms with Crippen LogP contribution in [0.4, 0.5) is 11.4 Å². The molecule has 2 aromatic carbocycles. The Morgan fingerprint density at radius 3 is 2.73 bits per heavy atom. The number of nitro benzene ring substituents is 1. The number of hydrogen-bond acceptors (Lipinski definition) is 4. The summed E-state index contributed by atoms with van der Waals surface area (Å²) in [6, 6.07) is 11.6. The zero-order valence-electron chi connectivity index (χ0n) is 15.3. The molecule has 0 heterocycles. The monoisotopic (exact) mass is 353 g/mol. The number of likely N-dealkylation sites (N-methyl/N-ethyl adjacent to an activating group) is 1. The minimum atomic E-state index is -0.459. The number of nitrogens with zero attached hydrogens (tertiary/aromatic N) is 2. The molecule has 0 saturated carbocycles. The average Bonchev–Trinajstić information content (AvgIpc) is 3.03. The summed E-state index contributed by atoms with van der Waals surface area (Å²) in [6.45, 7) is 3.84. The second-order valence-corrected chi connectivity index (χ2v) is 6.88.